The maximum atomic E-state index is 13.5. The number of anilines is 1. The fourth-order valence-electron chi connectivity index (χ4n) is 4.10. The van der Waals surface area contributed by atoms with Crippen molar-refractivity contribution >= 4 is 28.4 Å². The van der Waals surface area contributed by atoms with E-state index in [0.717, 1.165) is 11.1 Å². The Morgan fingerprint density at radius 2 is 1.85 bits per heavy atom. The lowest BCUT2D eigenvalue weighted by Crippen LogP contribution is -2.34. The zero-order valence-corrected chi connectivity index (χ0v) is 18.9. The second-order valence-electron chi connectivity index (χ2n) is 8.18. The molecule has 9 heteroatoms. The molecule has 4 heterocycles. The van der Waals surface area contributed by atoms with E-state index in [4.69, 9.17) is 14.9 Å². The summed E-state index contributed by atoms with van der Waals surface area (Å²) in [6.45, 7) is 5.50. The van der Waals surface area contributed by atoms with Crippen molar-refractivity contribution < 1.29 is 9.32 Å². The summed E-state index contributed by atoms with van der Waals surface area (Å²) >= 11 is 0. The summed E-state index contributed by atoms with van der Waals surface area (Å²) < 4.78 is 8.11. The topological polar surface area (TPSA) is 118 Å². The van der Waals surface area contributed by atoms with Crippen molar-refractivity contribution in [2.45, 2.75) is 26.8 Å². The second-order valence-corrected chi connectivity index (χ2v) is 8.18. The van der Waals surface area contributed by atoms with Gasteiger partial charge in [-0.1, -0.05) is 41.6 Å². The number of hydrogen-bond acceptors (Lipinski definition) is 6. The molecule has 34 heavy (non-hydrogen) atoms. The second kappa shape index (κ2) is 8.11. The van der Waals surface area contributed by atoms with Crippen LogP contribution in [0, 0.1) is 19.3 Å². The molecule has 1 atom stereocenters. The van der Waals surface area contributed by atoms with E-state index in [1.807, 2.05) is 50.2 Å². The van der Waals surface area contributed by atoms with Crippen LogP contribution < -0.4 is 16.4 Å². The van der Waals surface area contributed by atoms with Gasteiger partial charge in [0, 0.05) is 12.3 Å². The largest absolute Gasteiger partial charge is 0.360 e. The molecule has 0 radical (unpaired) electrons. The highest BCUT2D eigenvalue weighted by atomic mass is 16.5. The first-order valence-electron chi connectivity index (χ1n) is 10.8. The first-order chi connectivity index (χ1) is 16.3. The third kappa shape index (κ3) is 3.47. The number of carbonyl (C=O) groups excluding carboxylic acids is 1. The smallest absolute Gasteiger partial charge is 0.267 e. The first-order valence-corrected chi connectivity index (χ1v) is 10.8. The molecular weight excluding hydrogens is 432 g/mol. The monoisotopic (exact) mass is 454 g/mol. The van der Waals surface area contributed by atoms with Crippen LogP contribution in [0.5, 0.6) is 0 Å². The van der Waals surface area contributed by atoms with Crippen molar-refractivity contribution in [3.05, 3.63) is 99.1 Å². The van der Waals surface area contributed by atoms with Gasteiger partial charge in [0.05, 0.1) is 17.0 Å². The molecule has 5 rings (SSSR count). The molecular formula is C25H22N6O3. The van der Waals surface area contributed by atoms with E-state index in [9.17, 15) is 9.59 Å². The molecule has 0 bridgehead atoms. The summed E-state index contributed by atoms with van der Waals surface area (Å²) in [4.78, 5) is 31.4. The molecule has 4 aromatic heterocycles. The minimum absolute atomic E-state index is 0.0300. The van der Waals surface area contributed by atoms with Gasteiger partial charge >= 0.3 is 0 Å². The highest BCUT2D eigenvalue weighted by Crippen LogP contribution is 2.21. The summed E-state index contributed by atoms with van der Waals surface area (Å²) in [5, 5.41) is 15.6. The maximum absolute atomic E-state index is 13.5. The zero-order valence-electron chi connectivity index (χ0n) is 18.9. The lowest BCUT2D eigenvalue weighted by atomic mass is 10.1. The lowest BCUT2D eigenvalue weighted by Gasteiger charge is -2.21. The van der Waals surface area contributed by atoms with E-state index in [1.165, 1.54) is 10.5 Å². The number of fused-ring (bicyclic) bond motifs is 2. The number of aromatic nitrogens is 4. The van der Waals surface area contributed by atoms with Gasteiger partial charge in [0.2, 0.25) is 0 Å². The molecule has 0 aliphatic carbocycles. The number of nitrogens with zero attached hydrogens (tertiary/aromatic N) is 4. The lowest BCUT2D eigenvalue weighted by molar-refractivity contribution is 0.102. The SMILES string of the molecule is Cc1cc(NC(=O)c2cc3c(=O)n4cccc(C)c4nc3n(C(C)c3ccccc3)c2=N)no1. The fourth-order valence-corrected chi connectivity index (χ4v) is 4.10. The molecule has 0 aliphatic rings. The summed E-state index contributed by atoms with van der Waals surface area (Å²) in [5.41, 5.74) is 2.24. The summed E-state index contributed by atoms with van der Waals surface area (Å²) in [5.74, 6) is 0.202. The predicted octanol–water partition coefficient (Wildman–Crippen LogP) is 3.60. The van der Waals surface area contributed by atoms with Gasteiger partial charge in [-0.05, 0) is 44.0 Å². The van der Waals surface area contributed by atoms with Crippen LogP contribution in [-0.2, 0) is 0 Å². The van der Waals surface area contributed by atoms with Crippen LogP contribution in [-0.4, -0.2) is 25.0 Å². The third-order valence-electron chi connectivity index (χ3n) is 5.86. The summed E-state index contributed by atoms with van der Waals surface area (Å²) in [7, 11) is 0. The standard InChI is InChI=1S/C25H22N6O3/c1-14-8-7-11-30-22(14)28-23-19(25(30)33)13-18(24(32)27-20-12-15(2)34-29-20)21(26)31(23)16(3)17-9-5-4-6-10-17/h4-13,16,26H,1-3H3,(H,27,29,32). The first kappa shape index (κ1) is 21.3. The Morgan fingerprint density at radius 3 is 2.56 bits per heavy atom. The van der Waals surface area contributed by atoms with E-state index in [-0.39, 0.29) is 33.9 Å². The minimum Gasteiger partial charge on any atom is -0.360 e. The third-order valence-corrected chi connectivity index (χ3v) is 5.86. The molecule has 2 N–H and O–H groups in total. The number of carbonyl (C=O) groups is 1. The normalized spacial score (nSPS) is 12.2. The Labute approximate surface area is 193 Å². The Hall–Kier alpha value is -4.53. The zero-order chi connectivity index (χ0) is 24.0. The van der Waals surface area contributed by atoms with Crippen LogP contribution in [0.4, 0.5) is 5.82 Å². The van der Waals surface area contributed by atoms with Crippen LogP contribution >= 0.6 is 0 Å². The number of amides is 1. The van der Waals surface area contributed by atoms with Crippen molar-refractivity contribution in [1.82, 2.24) is 19.1 Å². The van der Waals surface area contributed by atoms with Crippen LogP contribution in [0.25, 0.3) is 16.7 Å². The maximum Gasteiger partial charge on any atom is 0.267 e. The summed E-state index contributed by atoms with van der Waals surface area (Å²) in [6, 6.07) is 15.9. The molecule has 0 aliphatic heterocycles. The predicted molar refractivity (Wildman–Crippen MR) is 127 cm³/mol. The molecule has 170 valence electrons. The van der Waals surface area contributed by atoms with E-state index >= 15 is 0 Å². The molecule has 1 unspecified atom stereocenters. The number of pyridine rings is 2. The molecule has 5 aromatic rings. The van der Waals surface area contributed by atoms with Crippen LogP contribution in [0.15, 0.2) is 70.1 Å². The number of benzene rings is 1. The van der Waals surface area contributed by atoms with Crippen LogP contribution in [0.2, 0.25) is 0 Å². The van der Waals surface area contributed by atoms with Gasteiger partial charge in [-0.2, -0.15) is 0 Å². The van der Waals surface area contributed by atoms with Crippen molar-refractivity contribution in [3.63, 3.8) is 0 Å². The van der Waals surface area contributed by atoms with E-state index < -0.39 is 5.91 Å². The van der Waals surface area contributed by atoms with Crippen molar-refractivity contribution in [2.24, 2.45) is 0 Å². The molecule has 0 saturated heterocycles. The van der Waals surface area contributed by atoms with Crippen LogP contribution in [0.3, 0.4) is 0 Å². The molecule has 1 aromatic carbocycles. The van der Waals surface area contributed by atoms with E-state index in [0.29, 0.717) is 17.1 Å². The number of aryl methyl sites for hydroxylation is 2. The number of hydrogen-bond donors (Lipinski definition) is 2. The highest BCUT2D eigenvalue weighted by molar-refractivity contribution is 6.05. The van der Waals surface area contributed by atoms with Gasteiger partial charge < -0.3 is 14.4 Å². The Morgan fingerprint density at radius 1 is 1.09 bits per heavy atom. The molecule has 9 nitrogen and oxygen atoms in total. The minimum atomic E-state index is -0.567. The van der Waals surface area contributed by atoms with Gasteiger partial charge in [-0.15, -0.1) is 0 Å². The molecule has 0 spiro atoms. The Kier molecular flexibility index (Phi) is 5.09. The highest BCUT2D eigenvalue weighted by Gasteiger charge is 2.22. The van der Waals surface area contributed by atoms with Gasteiger partial charge in [0.15, 0.2) is 5.82 Å². The van der Waals surface area contributed by atoms with E-state index in [2.05, 4.69) is 10.5 Å². The average Bonchev–Trinajstić information content (AvgIpc) is 3.24. The summed E-state index contributed by atoms with van der Waals surface area (Å²) in [6.07, 6.45) is 1.65. The van der Waals surface area contributed by atoms with Gasteiger partial charge in [-0.3, -0.25) is 19.4 Å². The van der Waals surface area contributed by atoms with Crippen LogP contribution in [0.1, 0.15) is 40.2 Å². The van der Waals surface area contributed by atoms with Gasteiger partial charge in [0.25, 0.3) is 11.5 Å². The van der Waals surface area contributed by atoms with Gasteiger partial charge in [0.1, 0.15) is 22.5 Å². The quantitative estimate of drug-likeness (QED) is 0.402. The Bertz CT molecular complexity index is 1680. The van der Waals surface area contributed by atoms with Crippen molar-refractivity contribution in [1.29, 1.82) is 5.41 Å². The average molecular weight is 454 g/mol. The fraction of sp³-hybridized carbons (Fsp3) is 0.160. The van der Waals surface area contributed by atoms with Crippen molar-refractivity contribution in [3.8, 4) is 0 Å². The number of nitrogens with one attached hydrogen (secondary N) is 2. The molecule has 1 amide bonds. The van der Waals surface area contributed by atoms with Crippen molar-refractivity contribution in [2.75, 3.05) is 5.32 Å². The molecule has 0 fully saturated rings. The molecule has 0 saturated carbocycles. The van der Waals surface area contributed by atoms with E-state index in [1.54, 1.807) is 29.8 Å². The number of rotatable bonds is 4. The Balaban J connectivity index is 1.82. The van der Waals surface area contributed by atoms with Gasteiger partial charge in [-0.25, -0.2) is 4.98 Å².